The number of hydrogen-bond donors (Lipinski definition) is 1. The molecule has 0 radical (unpaired) electrons. The average Bonchev–Trinajstić information content (AvgIpc) is 2.96. The fourth-order valence-electron chi connectivity index (χ4n) is 4.78. The van der Waals surface area contributed by atoms with Crippen molar-refractivity contribution in [3.05, 3.63) is 71.3 Å². The van der Waals surface area contributed by atoms with Crippen LogP contribution >= 0.6 is 0 Å². The SMILES string of the molecule is CCCC[C@]1(CC)C[C@@H](c2ccc(C)cc2)[C@@](O)(c2ccccc2)C1. The zero-order chi connectivity index (χ0) is 17.9. The van der Waals surface area contributed by atoms with E-state index in [1.165, 1.54) is 30.4 Å². The summed E-state index contributed by atoms with van der Waals surface area (Å²) in [6.07, 6.45) is 6.79. The molecule has 0 spiro atoms. The maximum absolute atomic E-state index is 11.9. The molecule has 0 saturated heterocycles. The van der Waals surface area contributed by atoms with Gasteiger partial charge in [0.15, 0.2) is 0 Å². The number of aryl methyl sites for hydroxylation is 1. The summed E-state index contributed by atoms with van der Waals surface area (Å²) in [6, 6.07) is 19.2. The molecule has 3 rings (SSSR count). The zero-order valence-electron chi connectivity index (χ0n) is 16.0. The first kappa shape index (κ1) is 18.2. The molecule has 2 aromatic carbocycles. The highest BCUT2D eigenvalue weighted by molar-refractivity contribution is 5.35. The van der Waals surface area contributed by atoms with E-state index >= 15 is 0 Å². The fraction of sp³-hybridized carbons (Fsp3) is 0.500. The number of aliphatic hydroxyl groups is 1. The van der Waals surface area contributed by atoms with Crippen LogP contribution in [0.4, 0.5) is 0 Å². The van der Waals surface area contributed by atoms with Crippen LogP contribution in [0.25, 0.3) is 0 Å². The van der Waals surface area contributed by atoms with Gasteiger partial charge in [0.05, 0.1) is 5.60 Å². The highest BCUT2D eigenvalue weighted by Gasteiger charge is 2.53. The van der Waals surface area contributed by atoms with E-state index in [0.717, 1.165) is 24.8 Å². The summed E-state index contributed by atoms with van der Waals surface area (Å²) in [7, 11) is 0. The molecule has 1 fully saturated rings. The third kappa shape index (κ3) is 3.53. The Hall–Kier alpha value is -1.60. The zero-order valence-corrected chi connectivity index (χ0v) is 16.0. The molecule has 1 aliphatic rings. The van der Waals surface area contributed by atoms with E-state index in [0.29, 0.717) is 0 Å². The molecule has 1 N–H and O–H groups in total. The van der Waals surface area contributed by atoms with Gasteiger partial charge in [0, 0.05) is 5.92 Å². The Morgan fingerprint density at radius 3 is 2.28 bits per heavy atom. The Balaban J connectivity index is 2.03. The van der Waals surface area contributed by atoms with Gasteiger partial charge in [-0.05, 0) is 42.7 Å². The van der Waals surface area contributed by atoms with E-state index < -0.39 is 5.60 Å². The van der Waals surface area contributed by atoms with E-state index in [-0.39, 0.29) is 11.3 Å². The summed E-state index contributed by atoms with van der Waals surface area (Å²) in [6.45, 7) is 6.69. The highest BCUT2D eigenvalue weighted by Crippen LogP contribution is 2.60. The van der Waals surface area contributed by atoms with Crippen LogP contribution in [0.3, 0.4) is 0 Å². The lowest BCUT2D eigenvalue weighted by atomic mass is 9.76. The van der Waals surface area contributed by atoms with Crippen molar-refractivity contribution in [2.75, 3.05) is 0 Å². The molecule has 1 heteroatoms. The Bertz CT molecular complexity index is 675. The smallest absolute Gasteiger partial charge is 0.0970 e. The van der Waals surface area contributed by atoms with Crippen molar-refractivity contribution in [2.45, 2.75) is 70.8 Å². The predicted octanol–water partition coefficient (Wildman–Crippen LogP) is 6.35. The van der Waals surface area contributed by atoms with Gasteiger partial charge < -0.3 is 5.11 Å². The molecule has 0 bridgehead atoms. The van der Waals surface area contributed by atoms with Crippen molar-refractivity contribution >= 4 is 0 Å². The van der Waals surface area contributed by atoms with E-state index in [2.05, 4.69) is 69.3 Å². The van der Waals surface area contributed by atoms with Crippen molar-refractivity contribution in [1.82, 2.24) is 0 Å². The Labute approximate surface area is 153 Å². The third-order valence-electron chi connectivity index (χ3n) is 6.42. The largest absolute Gasteiger partial charge is 0.385 e. The van der Waals surface area contributed by atoms with Gasteiger partial charge in [0.1, 0.15) is 0 Å². The van der Waals surface area contributed by atoms with Crippen molar-refractivity contribution in [3.8, 4) is 0 Å². The lowest BCUT2D eigenvalue weighted by Gasteiger charge is -2.32. The Morgan fingerprint density at radius 2 is 1.68 bits per heavy atom. The minimum absolute atomic E-state index is 0.173. The second-order valence-electron chi connectivity index (χ2n) is 8.09. The molecule has 1 saturated carbocycles. The van der Waals surface area contributed by atoms with Gasteiger partial charge in [0.25, 0.3) is 0 Å². The summed E-state index contributed by atoms with van der Waals surface area (Å²) in [4.78, 5) is 0. The standard InChI is InChI=1S/C24H32O/c1-4-6-16-23(5-2)17-22(20-14-12-19(3)13-15-20)24(25,18-23)21-10-8-7-9-11-21/h7-15,22,25H,4-6,16-18H2,1-3H3/t22-,23+,24-/m0/s1. The average molecular weight is 337 g/mol. The van der Waals surface area contributed by atoms with Crippen molar-refractivity contribution in [3.63, 3.8) is 0 Å². The minimum Gasteiger partial charge on any atom is -0.385 e. The molecule has 134 valence electrons. The molecule has 1 nitrogen and oxygen atoms in total. The van der Waals surface area contributed by atoms with Gasteiger partial charge in [-0.2, -0.15) is 0 Å². The maximum atomic E-state index is 11.9. The van der Waals surface area contributed by atoms with Crippen LogP contribution in [0.2, 0.25) is 0 Å². The van der Waals surface area contributed by atoms with Gasteiger partial charge in [-0.25, -0.2) is 0 Å². The van der Waals surface area contributed by atoms with Crippen molar-refractivity contribution < 1.29 is 5.11 Å². The lowest BCUT2D eigenvalue weighted by molar-refractivity contribution is 0.0135. The van der Waals surface area contributed by atoms with Crippen LogP contribution in [0.5, 0.6) is 0 Å². The molecule has 0 aromatic heterocycles. The van der Waals surface area contributed by atoms with Gasteiger partial charge in [-0.15, -0.1) is 0 Å². The summed E-state index contributed by atoms with van der Waals surface area (Å²) in [5.74, 6) is 0.173. The molecule has 25 heavy (non-hydrogen) atoms. The van der Waals surface area contributed by atoms with Crippen LogP contribution in [0, 0.1) is 12.3 Å². The van der Waals surface area contributed by atoms with Crippen LogP contribution in [-0.4, -0.2) is 5.11 Å². The number of unbranched alkanes of at least 4 members (excludes halogenated alkanes) is 1. The van der Waals surface area contributed by atoms with E-state index in [1.54, 1.807) is 0 Å². The van der Waals surface area contributed by atoms with Gasteiger partial charge in [-0.3, -0.25) is 0 Å². The van der Waals surface area contributed by atoms with E-state index in [1.807, 2.05) is 6.07 Å². The molecule has 0 heterocycles. The van der Waals surface area contributed by atoms with Crippen molar-refractivity contribution in [2.24, 2.45) is 5.41 Å². The van der Waals surface area contributed by atoms with Crippen molar-refractivity contribution in [1.29, 1.82) is 0 Å². The minimum atomic E-state index is -0.764. The predicted molar refractivity (Wildman–Crippen MR) is 106 cm³/mol. The lowest BCUT2D eigenvalue weighted by Crippen LogP contribution is -2.30. The molecular formula is C24H32O. The quantitative estimate of drug-likeness (QED) is 0.652. The third-order valence-corrected chi connectivity index (χ3v) is 6.42. The normalized spacial score (nSPS) is 29.0. The number of benzene rings is 2. The first-order valence-corrected chi connectivity index (χ1v) is 9.87. The van der Waals surface area contributed by atoms with Crippen LogP contribution in [-0.2, 0) is 5.60 Å². The second-order valence-corrected chi connectivity index (χ2v) is 8.09. The van der Waals surface area contributed by atoms with Crippen LogP contribution < -0.4 is 0 Å². The summed E-state index contributed by atoms with van der Waals surface area (Å²) in [5.41, 5.74) is 3.12. The van der Waals surface area contributed by atoms with Crippen LogP contribution in [0.1, 0.15) is 75.0 Å². The van der Waals surface area contributed by atoms with E-state index in [9.17, 15) is 5.11 Å². The monoisotopic (exact) mass is 336 g/mol. The number of hydrogen-bond acceptors (Lipinski definition) is 1. The summed E-state index contributed by atoms with van der Waals surface area (Å²) >= 11 is 0. The first-order chi connectivity index (χ1) is 12.0. The molecule has 0 aliphatic heterocycles. The van der Waals surface area contributed by atoms with Gasteiger partial charge in [-0.1, -0.05) is 93.3 Å². The molecule has 0 unspecified atom stereocenters. The molecule has 0 amide bonds. The topological polar surface area (TPSA) is 20.2 Å². The maximum Gasteiger partial charge on any atom is 0.0970 e. The summed E-state index contributed by atoms with van der Waals surface area (Å²) in [5, 5.41) is 11.9. The summed E-state index contributed by atoms with van der Waals surface area (Å²) < 4.78 is 0. The van der Waals surface area contributed by atoms with E-state index in [4.69, 9.17) is 0 Å². The van der Waals surface area contributed by atoms with Gasteiger partial charge >= 0.3 is 0 Å². The molecular weight excluding hydrogens is 304 g/mol. The van der Waals surface area contributed by atoms with Crippen LogP contribution in [0.15, 0.2) is 54.6 Å². The molecule has 1 aliphatic carbocycles. The second kappa shape index (κ2) is 7.33. The highest BCUT2D eigenvalue weighted by atomic mass is 16.3. The fourth-order valence-corrected chi connectivity index (χ4v) is 4.78. The molecule has 3 atom stereocenters. The first-order valence-electron chi connectivity index (χ1n) is 9.87. The number of rotatable bonds is 6. The Morgan fingerprint density at radius 1 is 1.00 bits per heavy atom. The van der Waals surface area contributed by atoms with Gasteiger partial charge in [0.2, 0.25) is 0 Å². The molecule has 2 aromatic rings. The Kier molecular flexibility index (Phi) is 5.34.